The molecular formula is C14H15BrN2O. The zero-order chi connectivity index (χ0) is 12.4. The van der Waals surface area contributed by atoms with Gasteiger partial charge in [-0.3, -0.25) is 4.68 Å². The SMILES string of the molecule is Brc1cccc(-c2cnn(C3CCOCC3)c2)c1. The van der Waals surface area contributed by atoms with Crippen molar-refractivity contribution in [1.82, 2.24) is 9.78 Å². The summed E-state index contributed by atoms with van der Waals surface area (Å²) in [6.45, 7) is 1.69. The molecule has 0 unspecified atom stereocenters. The lowest BCUT2D eigenvalue weighted by Gasteiger charge is -2.22. The van der Waals surface area contributed by atoms with E-state index in [1.165, 1.54) is 11.1 Å². The number of benzene rings is 1. The summed E-state index contributed by atoms with van der Waals surface area (Å²) in [6, 6.07) is 8.79. The minimum absolute atomic E-state index is 0.486. The van der Waals surface area contributed by atoms with E-state index in [-0.39, 0.29) is 0 Å². The molecule has 0 N–H and O–H groups in total. The van der Waals surface area contributed by atoms with Gasteiger partial charge in [0.1, 0.15) is 0 Å². The van der Waals surface area contributed by atoms with Crippen LogP contribution < -0.4 is 0 Å². The summed E-state index contributed by atoms with van der Waals surface area (Å²) in [4.78, 5) is 0. The Kier molecular flexibility index (Phi) is 3.48. The predicted octanol–water partition coefficient (Wildman–Crippen LogP) is 3.66. The first-order valence-electron chi connectivity index (χ1n) is 6.21. The molecule has 0 radical (unpaired) electrons. The number of hydrogen-bond acceptors (Lipinski definition) is 2. The van der Waals surface area contributed by atoms with Gasteiger partial charge in [0.05, 0.1) is 12.2 Å². The van der Waals surface area contributed by atoms with Gasteiger partial charge in [-0.1, -0.05) is 28.1 Å². The molecule has 0 bridgehead atoms. The van der Waals surface area contributed by atoms with Crippen molar-refractivity contribution >= 4 is 15.9 Å². The van der Waals surface area contributed by atoms with E-state index in [9.17, 15) is 0 Å². The Bertz CT molecular complexity index is 532. The van der Waals surface area contributed by atoms with Crippen LogP contribution in [0.4, 0.5) is 0 Å². The lowest BCUT2D eigenvalue weighted by Crippen LogP contribution is -2.19. The van der Waals surface area contributed by atoms with Crippen LogP contribution in [0.25, 0.3) is 11.1 Å². The van der Waals surface area contributed by atoms with Crippen LogP contribution in [-0.2, 0) is 4.74 Å². The Balaban J connectivity index is 1.84. The van der Waals surface area contributed by atoms with Crippen LogP contribution in [0.15, 0.2) is 41.1 Å². The third-order valence-corrected chi connectivity index (χ3v) is 3.82. The van der Waals surface area contributed by atoms with Crippen molar-refractivity contribution in [3.63, 3.8) is 0 Å². The van der Waals surface area contributed by atoms with Gasteiger partial charge in [-0.05, 0) is 30.5 Å². The standard InChI is InChI=1S/C14H15BrN2O/c15-13-3-1-2-11(8-13)12-9-16-17(10-12)14-4-6-18-7-5-14/h1-3,8-10,14H,4-7H2. The highest BCUT2D eigenvalue weighted by atomic mass is 79.9. The summed E-state index contributed by atoms with van der Waals surface area (Å²) < 4.78 is 8.56. The highest BCUT2D eigenvalue weighted by molar-refractivity contribution is 9.10. The Morgan fingerprint density at radius 1 is 1.22 bits per heavy atom. The molecule has 1 aliphatic rings. The summed E-state index contributed by atoms with van der Waals surface area (Å²) in [7, 11) is 0. The van der Waals surface area contributed by atoms with Gasteiger partial charge in [-0.15, -0.1) is 0 Å². The average molecular weight is 307 g/mol. The molecule has 1 fully saturated rings. The summed E-state index contributed by atoms with van der Waals surface area (Å²) in [5.74, 6) is 0. The molecule has 1 saturated heterocycles. The molecular weight excluding hydrogens is 292 g/mol. The first kappa shape index (κ1) is 11.9. The Hall–Kier alpha value is -1.13. The maximum atomic E-state index is 5.38. The van der Waals surface area contributed by atoms with E-state index in [0.29, 0.717) is 6.04 Å². The van der Waals surface area contributed by atoms with E-state index < -0.39 is 0 Å². The van der Waals surface area contributed by atoms with Crippen LogP contribution in [0.2, 0.25) is 0 Å². The number of rotatable bonds is 2. The van der Waals surface area contributed by atoms with E-state index in [1.807, 2.05) is 18.3 Å². The molecule has 0 atom stereocenters. The van der Waals surface area contributed by atoms with Gasteiger partial charge in [-0.25, -0.2) is 0 Å². The predicted molar refractivity (Wildman–Crippen MR) is 74.5 cm³/mol. The quantitative estimate of drug-likeness (QED) is 0.846. The fourth-order valence-electron chi connectivity index (χ4n) is 2.30. The van der Waals surface area contributed by atoms with Gasteiger partial charge >= 0.3 is 0 Å². The summed E-state index contributed by atoms with van der Waals surface area (Å²) in [6.07, 6.45) is 6.19. The van der Waals surface area contributed by atoms with Crippen molar-refractivity contribution in [2.75, 3.05) is 13.2 Å². The second-order valence-electron chi connectivity index (χ2n) is 4.56. The lowest BCUT2D eigenvalue weighted by atomic mass is 10.1. The third kappa shape index (κ3) is 2.49. The first-order chi connectivity index (χ1) is 8.83. The fourth-order valence-corrected chi connectivity index (χ4v) is 2.70. The largest absolute Gasteiger partial charge is 0.381 e. The zero-order valence-corrected chi connectivity index (χ0v) is 11.6. The molecule has 2 aromatic rings. The third-order valence-electron chi connectivity index (χ3n) is 3.32. The molecule has 0 spiro atoms. The maximum Gasteiger partial charge on any atom is 0.0568 e. The first-order valence-corrected chi connectivity index (χ1v) is 7.00. The van der Waals surface area contributed by atoms with Crippen LogP contribution in [0.1, 0.15) is 18.9 Å². The van der Waals surface area contributed by atoms with E-state index >= 15 is 0 Å². The molecule has 0 amide bonds. The number of ether oxygens (including phenoxy) is 1. The zero-order valence-electron chi connectivity index (χ0n) is 10.1. The average Bonchev–Trinajstić information content (AvgIpc) is 2.89. The van der Waals surface area contributed by atoms with Crippen LogP contribution in [-0.4, -0.2) is 23.0 Å². The minimum Gasteiger partial charge on any atom is -0.381 e. The van der Waals surface area contributed by atoms with E-state index in [2.05, 4.69) is 44.0 Å². The summed E-state index contributed by atoms with van der Waals surface area (Å²) in [5, 5.41) is 4.49. The molecule has 18 heavy (non-hydrogen) atoms. The van der Waals surface area contributed by atoms with Gasteiger partial charge in [0.2, 0.25) is 0 Å². The van der Waals surface area contributed by atoms with Crippen LogP contribution >= 0.6 is 15.9 Å². The van der Waals surface area contributed by atoms with Crippen molar-refractivity contribution in [1.29, 1.82) is 0 Å². The highest BCUT2D eigenvalue weighted by Gasteiger charge is 2.16. The van der Waals surface area contributed by atoms with Crippen molar-refractivity contribution in [2.45, 2.75) is 18.9 Å². The van der Waals surface area contributed by atoms with E-state index in [0.717, 1.165) is 30.5 Å². The molecule has 1 aromatic heterocycles. The van der Waals surface area contributed by atoms with E-state index in [4.69, 9.17) is 4.74 Å². The van der Waals surface area contributed by atoms with Gasteiger partial charge in [0.15, 0.2) is 0 Å². The van der Waals surface area contributed by atoms with Crippen molar-refractivity contribution in [2.24, 2.45) is 0 Å². The fraction of sp³-hybridized carbons (Fsp3) is 0.357. The smallest absolute Gasteiger partial charge is 0.0568 e. The second kappa shape index (κ2) is 5.24. The van der Waals surface area contributed by atoms with Crippen LogP contribution in [0, 0.1) is 0 Å². The van der Waals surface area contributed by atoms with Crippen LogP contribution in [0.3, 0.4) is 0 Å². The number of hydrogen-bond donors (Lipinski definition) is 0. The van der Waals surface area contributed by atoms with Gasteiger partial charge < -0.3 is 4.74 Å². The Morgan fingerprint density at radius 3 is 2.83 bits per heavy atom. The summed E-state index contributed by atoms with van der Waals surface area (Å²) in [5.41, 5.74) is 2.37. The number of aromatic nitrogens is 2. The number of nitrogens with zero attached hydrogens (tertiary/aromatic N) is 2. The van der Waals surface area contributed by atoms with Crippen molar-refractivity contribution in [3.05, 3.63) is 41.1 Å². The van der Waals surface area contributed by atoms with Crippen molar-refractivity contribution < 1.29 is 4.74 Å². The number of halogens is 1. The van der Waals surface area contributed by atoms with E-state index in [1.54, 1.807) is 0 Å². The molecule has 1 aromatic carbocycles. The summed E-state index contributed by atoms with van der Waals surface area (Å²) >= 11 is 3.50. The Labute approximate surface area is 115 Å². The molecule has 3 nitrogen and oxygen atoms in total. The molecule has 0 saturated carbocycles. The van der Waals surface area contributed by atoms with Gasteiger partial charge in [0, 0.05) is 29.4 Å². The topological polar surface area (TPSA) is 27.1 Å². The second-order valence-corrected chi connectivity index (χ2v) is 5.48. The molecule has 2 heterocycles. The maximum absolute atomic E-state index is 5.38. The minimum atomic E-state index is 0.486. The molecule has 94 valence electrons. The highest BCUT2D eigenvalue weighted by Crippen LogP contribution is 2.26. The molecule has 0 aliphatic carbocycles. The van der Waals surface area contributed by atoms with Crippen LogP contribution in [0.5, 0.6) is 0 Å². The van der Waals surface area contributed by atoms with Gasteiger partial charge in [-0.2, -0.15) is 5.10 Å². The monoisotopic (exact) mass is 306 g/mol. The molecule has 4 heteroatoms. The molecule has 3 rings (SSSR count). The lowest BCUT2D eigenvalue weighted by molar-refractivity contribution is 0.0662. The normalized spacial score (nSPS) is 16.9. The van der Waals surface area contributed by atoms with Gasteiger partial charge in [0.25, 0.3) is 0 Å². The Morgan fingerprint density at radius 2 is 2.06 bits per heavy atom. The van der Waals surface area contributed by atoms with Crippen molar-refractivity contribution in [3.8, 4) is 11.1 Å². The molecule has 1 aliphatic heterocycles.